The van der Waals surface area contributed by atoms with Crippen LogP contribution < -0.4 is 9.64 Å². The van der Waals surface area contributed by atoms with Crippen molar-refractivity contribution < 1.29 is 23.1 Å². The van der Waals surface area contributed by atoms with Gasteiger partial charge >= 0.3 is 0 Å². The summed E-state index contributed by atoms with van der Waals surface area (Å²) in [5, 5.41) is 8.93. The molecule has 5 heterocycles. The topological polar surface area (TPSA) is 106 Å². The molecule has 1 spiro atoms. The average molecular weight is 542 g/mol. The van der Waals surface area contributed by atoms with Crippen molar-refractivity contribution in [2.75, 3.05) is 24.6 Å². The number of imidazole rings is 1. The van der Waals surface area contributed by atoms with E-state index in [-0.39, 0.29) is 23.7 Å². The first-order valence-electron chi connectivity index (χ1n) is 13.7. The van der Waals surface area contributed by atoms with Crippen LogP contribution in [0.4, 0.5) is 10.2 Å². The molecule has 0 N–H and O–H groups in total. The SMILES string of the molecule is N#Cc1ccc(COc2cccc(N3CCC4(CC3)CC4c3nc4oc(C=O)cc4n3CC3CCO3)n2)c(F)c1. The number of aromatic nitrogens is 3. The number of pyridine rings is 1. The molecule has 0 amide bonds. The molecule has 3 fully saturated rings. The summed E-state index contributed by atoms with van der Waals surface area (Å²) in [6.07, 6.45) is 5.05. The molecular formula is C30H28FN5O4. The van der Waals surface area contributed by atoms with Crippen LogP contribution in [0.15, 0.2) is 46.9 Å². The van der Waals surface area contributed by atoms with E-state index in [1.807, 2.05) is 18.2 Å². The number of anilines is 1. The molecule has 0 bridgehead atoms. The van der Waals surface area contributed by atoms with Crippen molar-refractivity contribution in [3.63, 3.8) is 0 Å². The van der Waals surface area contributed by atoms with E-state index in [1.54, 1.807) is 24.3 Å². The van der Waals surface area contributed by atoms with Crippen LogP contribution in [-0.4, -0.2) is 46.6 Å². The number of fused-ring (bicyclic) bond motifs is 1. The van der Waals surface area contributed by atoms with Gasteiger partial charge < -0.3 is 23.4 Å². The number of hydrogen-bond donors (Lipinski definition) is 0. The first-order chi connectivity index (χ1) is 19.5. The molecule has 9 nitrogen and oxygen atoms in total. The molecule has 1 aromatic carbocycles. The molecule has 7 rings (SSSR count). The molecule has 2 aliphatic heterocycles. The first kappa shape index (κ1) is 24.8. The summed E-state index contributed by atoms with van der Waals surface area (Å²) < 4.78 is 33.6. The Labute approximate surface area is 230 Å². The number of ether oxygens (including phenoxy) is 2. The van der Waals surface area contributed by atoms with E-state index in [1.165, 1.54) is 6.07 Å². The largest absolute Gasteiger partial charge is 0.473 e. The Kier molecular flexibility index (Phi) is 6.04. The Balaban J connectivity index is 1.02. The molecule has 2 atom stereocenters. The number of carbonyl (C=O) groups excluding carboxylic acids is 1. The average Bonchev–Trinajstić information content (AvgIpc) is 3.31. The van der Waals surface area contributed by atoms with Crippen molar-refractivity contribution >= 4 is 23.3 Å². The smallest absolute Gasteiger partial charge is 0.245 e. The van der Waals surface area contributed by atoms with Gasteiger partial charge in [0.25, 0.3) is 0 Å². The van der Waals surface area contributed by atoms with Gasteiger partial charge in [0.1, 0.15) is 29.6 Å². The van der Waals surface area contributed by atoms with Crippen LogP contribution in [0.3, 0.4) is 0 Å². The molecule has 3 aliphatic rings. The Morgan fingerprint density at radius 2 is 2.05 bits per heavy atom. The summed E-state index contributed by atoms with van der Waals surface area (Å²) in [6, 6.07) is 13.7. The molecule has 2 saturated heterocycles. The Morgan fingerprint density at radius 1 is 1.20 bits per heavy atom. The second-order valence-corrected chi connectivity index (χ2v) is 11.0. The van der Waals surface area contributed by atoms with E-state index in [2.05, 4.69) is 14.5 Å². The van der Waals surface area contributed by atoms with Crippen molar-refractivity contribution in [2.24, 2.45) is 5.41 Å². The number of nitrogens with zero attached hydrogens (tertiary/aromatic N) is 5. The maximum atomic E-state index is 14.2. The van der Waals surface area contributed by atoms with E-state index in [0.717, 1.165) is 75.4 Å². The minimum absolute atomic E-state index is 0.0363. The van der Waals surface area contributed by atoms with E-state index in [4.69, 9.17) is 24.1 Å². The van der Waals surface area contributed by atoms with Crippen LogP contribution in [0.2, 0.25) is 0 Å². The molecule has 1 saturated carbocycles. The maximum Gasteiger partial charge on any atom is 0.245 e. The molecule has 3 aromatic heterocycles. The zero-order chi connectivity index (χ0) is 27.3. The fraction of sp³-hybridized carbons (Fsp3) is 0.400. The summed E-state index contributed by atoms with van der Waals surface area (Å²) in [4.78, 5) is 23.1. The normalized spacial score (nSPS) is 21.2. The maximum absolute atomic E-state index is 14.2. The van der Waals surface area contributed by atoms with Gasteiger partial charge in [-0.25, -0.2) is 4.39 Å². The number of halogens is 1. The number of piperidine rings is 1. The minimum atomic E-state index is -0.464. The summed E-state index contributed by atoms with van der Waals surface area (Å²) in [7, 11) is 0. The van der Waals surface area contributed by atoms with E-state index >= 15 is 0 Å². The molecule has 2 unspecified atom stereocenters. The number of carbonyl (C=O) groups is 1. The second kappa shape index (κ2) is 9.75. The van der Waals surface area contributed by atoms with Gasteiger partial charge in [0.15, 0.2) is 12.0 Å². The lowest BCUT2D eigenvalue weighted by Crippen LogP contribution is -2.36. The highest BCUT2D eigenvalue weighted by Gasteiger charge is 2.57. The number of nitriles is 1. The first-order valence-corrected chi connectivity index (χ1v) is 13.7. The van der Waals surface area contributed by atoms with Crippen molar-refractivity contribution in [3.8, 4) is 11.9 Å². The van der Waals surface area contributed by atoms with Gasteiger partial charge in [0.2, 0.25) is 11.6 Å². The Morgan fingerprint density at radius 3 is 2.77 bits per heavy atom. The van der Waals surface area contributed by atoms with Crippen LogP contribution in [0.25, 0.3) is 11.2 Å². The highest BCUT2D eigenvalue weighted by atomic mass is 19.1. The predicted molar refractivity (Wildman–Crippen MR) is 143 cm³/mol. The lowest BCUT2D eigenvalue weighted by molar-refractivity contribution is -0.0590. The van der Waals surface area contributed by atoms with Crippen molar-refractivity contribution in [3.05, 3.63) is 71.0 Å². The molecule has 1 aliphatic carbocycles. The highest BCUT2D eigenvalue weighted by Crippen LogP contribution is 2.65. The third kappa shape index (κ3) is 4.40. The predicted octanol–water partition coefficient (Wildman–Crippen LogP) is 4.99. The molecule has 10 heteroatoms. The Hall–Kier alpha value is -4.23. The van der Waals surface area contributed by atoms with E-state index in [0.29, 0.717) is 28.8 Å². The van der Waals surface area contributed by atoms with Crippen LogP contribution >= 0.6 is 0 Å². The highest BCUT2D eigenvalue weighted by molar-refractivity contribution is 5.81. The number of benzene rings is 1. The fourth-order valence-electron chi connectivity index (χ4n) is 6.09. The van der Waals surface area contributed by atoms with Gasteiger partial charge in [-0.1, -0.05) is 12.1 Å². The number of aldehydes is 1. The molecule has 204 valence electrons. The van der Waals surface area contributed by atoms with Crippen molar-refractivity contribution in [2.45, 2.75) is 50.9 Å². The zero-order valence-corrected chi connectivity index (χ0v) is 21.9. The van der Waals surface area contributed by atoms with Crippen molar-refractivity contribution in [1.29, 1.82) is 5.26 Å². The van der Waals surface area contributed by atoms with Gasteiger partial charge in [-0.3, -0.25) is 4.79 Å². The van der Waals surface area contributed by atoms with Gasteiger partial charge in [-0.15, -0.1) is 0 Å². The second-order valence-electron chi connectivity index (χ2n) is 11.0. The molecule has 4 aromatic rings. The number of hydrogen-bond acceptors (Lipinski definition) is 8. The van der Waals surface area contributed by atoms with Gasteiger partial charge in [0, 0.05) is 43.3 Å². The van der Waals surface area contributed by atoms with Gasteiger partial charge in [-0.05, 0) is 49.3 Å². The molecule has 40 heavy (non-hydrogen) atoms. The third-order valence-electron chi connectivity index (χ3n) is 8.64. The van der Waals surface area contributed by atoms with Crippen LogP contribution in [0, 0.1) is 22.6 Å². The van der Waals surface area contributed by atoms with E-state index in [9.17, 15) is 9.18 Å². The lowest BCUT2D eigenvalue weighted by atomic mass is 9.90. The van der Waals surface area contributed by atoms with Crippen molar-refractivity contribution in [1.82, 2.24) is 14.5 Å². The number of furan rings is 1. The molecular weight excluding hydrogens is 513 g/mol. The van der Waals surface area contributed by atoms with Crippen LogP contribution in [0.5, 0.6) is 5.88 Å². The Bertz CT molecular complexity index is 1630. The number of rotatable bonds is 8. The zero-order valence-electron chi connectivity index (χ0n) is 21.9. The summed E-state index contributed by atoms with van der Waals surface area (Å²) in [6.45, 7) is 3.29. The van der Waals surface area contributed by atoms with E-state index < -0.39 is 5.82 Å². The third-order valence-corrected chi connectivity index (χ3v) is 8.64. The fourth-order valence-corrected chi connectivity index (χ4v) is 6.09. The summed E-state index contributed by atoms with van der Waals surface area (Å²) in [5.41, 5.74) is 2.25. The van der Waals surface area contributed by atoms with Crippen LogP contribution in [-0.2, 0) is 17.9 Å². The van der Waals surface area contributed by atoms with Crippen LogP contribution in [0.1, 0.15) is 59.1 Å². The standard InChI is InChI=1S/C30H28FN5O4/c31-24-12-19(15-32)4-5-20(24)18-39-27-3-1-2-26(33-27)35-9-7-30(8-10-35)14-23(30)28-34-29-25(13-22(17-37)40-29)36(28)16-21-6-11-38-21/h1-5,12-13,17,21,23H,6-11,14,16,18H2. The van der Waals surface area contributed by atoms with Gasteiger partial charge in [0.05, 0.1) is 24.3 Å². The summed E-state index contributed by atoms with van der Waals surface area (Å²) in [5.74, 6) is 2.50. The molecule has 0 radical (unpaired) electrons. The van der Waals surface area contributed by atoms with Gasteiger partial charge in [-0.2, -0.15) is 15.2 Å². The monoisotopic (exact) mass is 541 g/mol. The summed E-state index contributed by atoms with van der Waals surface area (Å²) >= 11 is 0. The lowest BCUT2D eigenvalue weighted by Gasteiger charge is -2.34. The quantitative estimate of drug-likeness (QED) is 0.287. The minimum Gasteiger partial charge on any atom is -0.473 e.